The van der Waals surface area contributed by atoms with Crippen molar-refractivity contribution < 1.29 is 14.0 Å². The quantitative estimate of drug-likeness (QED) is 0.798. The molecule has 1 aliphatic heterocycles. The number of amides is 2. The molecule has 1 aromatic carbocycles. The molecular weight excluding hydrogens is 283 g/mol. The Labute approximate surface area is 122 Å². The largest absolute Gasteiger partial charge is 0.339 e. The van der Waals surface area contributed by atoms with E-state index in [1.54, 1.807) is 21.9 Å². The average molecular weight is 299 g/mol. The molecule has 1 heterocycles. The summed E-state index contributed by atoms with van der Waals surface area (Å²) < 4.78 is 13.6. The van der Waals surface area contributed by atoms with Crippen LogP contribution >= 0.6 is 11.6 Å². The van der Waals surface area contributed by atoms with Gasteiger partial charge in [-0.3, -0.25) is 9.59 Å². The molecule has 1 aromatic rings. The van der Waals surface area contributed by atoms with Crippen molar-refractivity contribution in [3.05, 3.63) is 35.6 Å². The molecule has 20 heavy (non-hydrogen) atoms. The number of halogens is 2. The second kappa shape index (κ2) is 6.70. The van der Waals surface area contributed by atoms with Gasteiger partial charge in [-0.2, -0.15) is 0 Å². The zero-order valence-electron chi connectivity index (χ0n) is 11.0. The van der Waals surface area contributed by atoms with Crippen LogP contribution in [-0.2, 0) is 4.79 Å². The van der Waals surface area contributed by atoms with Crippen LogP contribution < -0.4 is 0 Å². The number of hydrogen-bond acceptors (Lipinski definition) is 2. The topological polar surface area (TPSA) is 40.6 Å². The van der Waals surface area contributed by atoms with Crippen LogP contribution in [-0.4, -0.2) is 53.7 Å². The Balaban J connectivity index is 1.96. The van der Waals surface area contributed by atoms with Gasteiger partial charge in [0.15, 0.2) is 0 Å². The van der Waals surface area contributed by atoms with Gasteiger partial charge in [-0.25, -0.2) is 4.39 Å². The van der Waals surface area contributed by atoms with Crippen LogP contribution in [0.4, 0.5) is 4.39 Å². The smallest absolute Gasteiger partial charge is 0.256 e. The first kappa shape index (κ1) is 14.8. The molecule has 4 nitrogen and oxygen atoms in total. The third-order valence-corrected chi connectivity index (χ3v) is 3.52. The van der Waals surface area contributed by atoms with Gasteiger partial charge in [0.1, 0.15) is 5.82 Å². The summed E-state index contributed by atoms with van der Waals surface area (Å²) in [6.45, 7) is 1.77. The zero-order chi connectivity index (χ0) is 14.5. The molecule has 1 saturated heterocycles. The molecule has 0 N–H and O–H groups in total. The first-order valence-electron chi connectivity index (χ1n) is 6.51. The summed E-state index contributed by atoms with van der Waals surface area (Å²) in [5.41, 5.74) is 0.0769. The maximum Gasteiger partial charge on any atom is 0.256 e. The van der Waals surface area contributed by atoms with Gasteiger partial charge in [0.2, 0.25) is 5.91 Å². The van der Waals surface area contributed by atoms with Crippen LogP contribution in [0.2, 0.25) is 0 Å². The van der Waals surface area contributed by atoms with E-state index in [1.165, 1.54) is 12.1 Å². The second-order valence-electron chi connectivity index (χ2n) is 4.59. The van der Waals surface area contributed by atoms with Gasteiger partial charge in [-0.05, 0) is 12.1 Å². The third kappa shape index (κ3) is 3.28. The molecule has 0 radical (unpaired) electrons. The number of hydrogen-bond donors (Lipinski definition) is 0. The van der Waals surface area contributed by atoms with Crippen molar-refractivity contribution in [2.45, 2.75) is 6.42 Å². The van der Waals surface area contributed by atoms with Gasteiger partial charge >= 0.3 is 0 Å². The van der Waals surface area contributed by atoms with Crippen molar-refractivity contribution in [1.29, 1.82) is 0 Å². The van der Waals surface area contributed by atoms with E-state index in [2.05, 4.69) is 0 Å². The Hall–Kier alpha value is -1.62. The van der Waals surface area contributed by atoms with Crippen LogP contribution in [0.1, 0.15) is 16.8 Å². The van der Waals surface area contributed by atoms with E-state index in [0.29, 0.717) is 38.5 Å². The molecule has 0 aliphatic carbocycles. The number of nitrogens with zero attached hydrogens (tertiary/aromatic N) is 2. The SMILES string of the molecule is O=C(CCCl)N1CCN(C(=O)c2ccccc2F)CC1. The highest BCUT2D eigenvalue weighted by Gasteiger charge is 2.25. The van der Waals surface area contributed by atoms with E-state index in [9.17, 15) is 14.0 Å². The predicted molar refractivity (Wildman–Crippen MR) is 74.2 cm³/mol. The van der Waals surface area contributed by atoms with Gasteiger partial charge in [0.05, 0.1) is 5.56 Å². The lowest BCUT2D eigenvalue weighted by atomic mass is 10.1. The summed E-state index contributed by atoms with van der Waals surface area (Å²) in [5.74, 6) is -0.545. The Morgan fingerprint density at radius 3 is 2.30 bits per heavy atom. The number of rotatable bonds is 3. The van der Waals surface area contributed by atoms with Gasteiger partial charge in [0, 0.05) is 38.5 Å². The summed E-state index contributed by atoms with van der Waals surface area (Å²) in [5, 5.41) is 0. The van der Waals surface area contributed by atoms with Gasteiger partial charge in [-0.1, -0.05) is 12.1 Å². The number of piperazine rings is 1. The van der Waals surface area contributed by atoms with E-state index in [-0.39, 0.29) is 17.4 Å². The van der Waals surface area contributed by atoms with Crippen molar-refractivity contribution >= 4 is 23.4 Å². The normalized spacial score (nSPS) is 15.3. The molecular formula is C14H16ClFN2O2. The first-order valence-corrected chi connectivity index (χ1v) is 7.04. The van der Waals surface area contributed by atoms with Crippen molar-refractivity contribution in [3.8, 4) is 0 Å². The highest BCUT2D eigenvalue weighted by atomic mass is 35.5. The lowest BCUT2D eigenvalue weighted by molar-refractivity contribution is -0.132. The van der Waals surface area contributed by atoms with Crippen molar-refractivity contribution in [2.24, 2.45) is 0 Å². The predicted octanol–water partition coefficient (Wildman–Crippen LogP) is 1.74. The fraction of sp³-hybridized carbons (Fsp3) is 0.429. The molecule has 2 rings (SSSR count). The summed E-state index contributed by atoms with van der Waals surface area (Å²) in [6.07, 6.45) is 0.308. The van der Waals surface area contributed by atoms with Crippen LogP contribution in [0.5, 0.6) is 0 Å². The molecule has 0 spiro atoms. The van der Waals surface area contributed by atoms with Crippen molar-refractivity contribution in [1.82, 2.24) is 9.80 Å². The number of carbonyl (C=O) groups is 2. The molecule has 0 bridgehead atoms. The van der Waals surface area contributed by atoms with Crippen LogP contribution in [0, 0.1) is 5.82 Å². The monoisotopic (exact) mass is 298 g/mol. The summed E-state index contributed by atoms with van der Waals surface area (Å²) in [6, 6.07) is 5.93. The Bertz CT molecular complexity index is 502. The fourth-order valence-corrected chi connectivity index (χ4v) is 2.36. The molecule has 0 unspecified atom stereocenters. The minimum Gasteiger partial charge on any atom is -0.339 e. The fourth-order valence-electron chi connectivity index (χ4n) is 2.20. The lowest BCUT2D eigenvalue weighted by Gasteiger charge is -2.34. The van der Waals surface area contributed by atoms with Crippen molar-refractivity contribution in [2.75, 3.05) is 32.1 Å². The van der Waals surface area contributed by atoms with E-state index >= 15 is 0 Å². The van der Waals surface area contributed by atoms with E-state index in [1.807, 2.05) is 0 Å². The Morgan fingerprint density at radius 2 is 1.70 bits per heavy atom. The van der Waals surface area contributed by atoms with E-state index < -0.39 is 5.82 Å². The van der Waals surface area contributed by atoms with Crippen molar-refractivity contribution in [3.63, 3.8) is 0 Å². The standard InChI is InChI=1S/C14H16ClFN2O2/c15-6-5-13(19)17-7-9-18(10-8-17)14(20)11-3-1-2-4-12(11)16/h1-4H,5-10H2. The molecule has 0 atom stereocenters. The minimum absolute atomic E-state index is 0.00186. The number of carbonyl (C=O) groups excluding carboxylic acids is 2. The highest BCUT2D eigenvalue weighted by molar-refractivity contribution is 6.18. The van der Waals surface area contributed by atoms with E-state index in [0.717, 1.165) is 0 Å². The lowest BCUT2D eigenvalue weighted by Crippen LogP contribution is -2.50. The van der Waals surface area contributed by atoms with E-state index in [4.69, 9.17) is 11.6 Å². The highest BCUT2D eigenvalue weighted by Crippen LogP contribution is 2.12. The third-order valence-electron chi connectivity index (χ3n) is 3.33. The molecule has 0 aromatic heterocycles. The first-order chi connectivity index (χ1) is 9.63. The molecule has 0 saturated carbocycles. The molecule has 2 amide bonds. The molecule has 1 aliphatic rings. The van der Waals surface area contributed by atoms with Gasteiger partial charge in [-0.15, -0.1) is 11.6 Å². The van der Waals surface area contributed by atoms with Crippen LogP contribution in [0.25, 0.3) is 0 Å². The molecule has 108 valence electrons. The number of benzene rings is 1. The Kier molecular flexibility index (Phi) is 4.95. The maximum absolute atomic E-state index is 13.6. The summed E-state index contributed by atoms with van der Waals surface area (Å²) >= 11 is 5.54. The zero-order valence-corrected chi connectivity index (χ0v) is 11.8. The maximum atomic E-state index is 13.6. The molecule has 6 heteroatoms. The average Bonchev–Trinajstić information content (AvgIpc) is 2.47. The summed E-state index contributed by atoms with van der Waals surface area (Å²) in [7, 11) is 0. The molecule has 1 fully saturated rings. The number of alkyl halides is 1. The second-order valence-corrected chi connectivity index (χ2v) is 4.97. The van der Waals surface area contributed by atoms with Gasteiger partial charge in [0.25, 0.3) is 5.91 Å². The minimum atomic E-state index is -0.516. The van der Waals surface area contributed by atoms with Gasteiger partial charge < -0.3 is 9.80 Å². The van der Waals surface area contributed by atoms with Crippen LogP contribution in [0.15, 0.2) is 24.3 Å². The van der Waals surface area contributed by atoms with Crippen LogP contribution in [0.3, 0.4) is 0 Å². The summed E-state index contributed by atoms with van der Waals surface area (Å²) in [4.78, 5) is 27.1. The Morgan fingerprint density at radius 1 is 1.10 bits per heavy atom.